The molecule has 6 nitrogen and oxygen atoms in total. The van der Waals surface area contributed by atoms with Crippen molar-refractivity contribution in [2.24, 2.45) is 0 Å². The van der Waals surface area contributed by atoms with E-state index in [-0.39, 0.29) is 12.7 Å². The number of benzene rings is 2. The molecule has 2 heterocycles. The maximum Gasteiger partial charge on any atom is 0.251 e. The molecule has 0 saturated carbocycles. The van der Waals surface area contributed by atoms with Crippen LogP contribution >= 0.6 is 11.6 Å². The van der Waals surface area contributed by atoms with Crippen molar-refractivity contribution >= 4 is 17.5 Å². The molecule has 0 unspecified atom stereocenters. The third-order valence-corrected chi connectivity index (χ3v) is 5.34. The minimum Gasteiger partial charge on any atom is -0.454 e. The molecule has 28 heavy (non-hydrogen) atoms. The zero-order valence-electron chi connectivity index (χ0n) is 15.7. The Balaban J connectivity index is 1.18. The fourth-order valence-electron chi connectivity index (χ4n) is 3.53. The average molecular weight is 402 g/mol. The van der Waals surface area contributed by atoms with Gasteiger partial charge in [0.25, 0.3) is 5.91 Å². The highest BCUT2D eigenvalue weighted by molar-refractivity contribution is 6.30. The van der Waals surface area contributed by atoms with Crippen molar-refractivity contribution in [1.29, 1.82) is 0 Å². The van der Waals surface area contributed by atoms with Crippen molar-refractivity contribution in [2.75, 3.05) is 46.1 Å². The van der Waals surface area contributed by atoms with Crippen molar-refractivity contribution < 1.29 is 14.3 Å². The van der Waals surface area contributed by atoms with E-state index in [1.54, 1.807) is 18.2 Å². The molecule has 4 rings (SSSR count). The number of nitrogens with one attached hydrogen (secondary N) is 1. The summed E-state index contributed by atoms with van der Waals surface area (Å²) in [6, 6.07) is 13.3. The Hall–Kier alpha value is -2.28. The first-order valence-corrected chi connectivity index (χ1v) is 9.92. The molecule has 0 aromatic heterocycles. The number of rotatable bonds is 6. The van der Waals surface area contributed by atoms with Crippen LogP contribution in [-0.4, -0.2) is 61.8 Å². The van der Waals surface area contributed by atoms with Crippen molar-refractivity contribution in [3.8, 4) is 11.5 Å². The topological polar surface area (TPSA) is 54.0 Å². The molecule has 2 aliphatic rings. The zero-order valence-corrected chi connectivity index (χ0v) is 16.5. The van der Waals surface area contributed by atoms with Gasteiger partial charge in [-0.1, -0.05) is 23.7 Å². The summed E-state index contributed by atoms with van der Waals surface area (Å²) in [6.45, 7) is 6.65. The van der Waals surface area contributed by atoms with Crippen molar-refractivity contribution in [3.63, 3.8) is 0 Å². The lowest BCUT2D eigenvalue weighted by Crippen LogP contribution is -2.48. The van der Waals surface area contributed by atoms with Crippen LogP contribution in [0.1, 0.15) is 15.9 Å². The van der Waals surface area contributed by atoms with Gasteiger partial charge in [0.15, 0.2) is 11.5 Å². The highest BCUT2D eigenvalue weighted by Gasteiger charge is 2.18. The highest BCUT2D eigenvalue weighted by atomic mass is 35.5. The van der Waals surface area contributed by atoms with Crippen LogP contribution in [0.3, 0.4) is 0 Å². The fourth-order valence-corrected chi connectivity index (χ4v) is 3.74. The normalized spacial score (nSPS) is 16.9. The van der Waals surface area contributed by atoms with Gasteiger partial charge < -0.3 is 14.8 Å². The van der Waals surface area contributed by atoms with E-state index in [0.29, 0.717) is 23.6 Å². The maximum absolute atomic E-state index is 12.3. The molecule has 2 aromatic rings. The molecular weight excluding hydrogens is 378 g/mol. The molecule has 1 amide bonds. The van der Waals surface area contributed by atoms with Crippen LogP contribution in [0.2, 0.25) is 5.02 Å². The molecule has 0 spiro atoms. The molecule has 0 aliphatic carbocycles. The van der Waals surface area contributed by atoms with E-state index in [9.17, 15) is 4.79 Å². The van der Waals surface area contributed by atoms with Gasteiger partial charge in [-0.3, -0.25) is 14.6 Å². The minimum absolute atomic E-state index is 0.0853. The Morgan fingerprint density at radius 3 is 2.61 bits per heavy atom. The van der Waals surface area contributed by atoms with Gasteiger partial charge in [0, 0.05) is 56.4 Å². The van der Waals surface area contributed by atoms with Crippen molar-refractivity contribution in [2.45, 2.75) is 6.54 Å². The molecular formula is C21H24ClN3O3. The first-order chi connectivity index (χ1) is 13.7. The van der Waals surface area contributed by atoms with Crippen LogP contribution in [0, 0.1) is 0 Å². The molecule has 7 heteroatoms. The van der Waals surface area contributed by atoms with Gasteiger partial charge in [0.1, 0.15) is 0 Å². The first kappa shape index (κ1) is 19.1. The fraction of sp³-hybridized carbons (Fsp3) is 0.381. The quantitative estimate of drug-likeness (QED) is 0.806. The van der Waals surface area contributed by atoms with Gasteiger partial charge >= 0.3 is 0 Å². The van der Waals surface area contributed by atoms with Gasteiger partial charge in [0.05, 0.1) is 0 Å². The van der Waals surface area contributed by atoms with Crippen LogP contribution < -0.4 is 14.8 Å². The van der Waals surface area contributed by atoms with E-state index in [1.165, 1.54) is 5.56 Å². The Kier molecular flexibility index (Phi) is 6.00. The smallest absolute Gasteiger partial charge is 0.251 e. The van der Waals surface area contributed by atoms with E-state index in [2.05, 4.69) is 21.2 Å². The summed E-state index contributed by atoms with van der Waals surface area (Å²) in [5.41, 5.74) is 1.84. The number of hydrogen-bond donors (Lipinski definition) is 1. The predicted octanol–water partition coefficient (Wildman–Crippen LogP) is 2.62. The Morgan fingerprint density at radius 1 is 1.00 bits per heavy atom. The summed E-state index contributed by atoms with van der Waals surface area (Å²) < 4.78 is 10.6. The summed E-state index contributed by atoms with van der Waals surface area (Å²) in [4.78, 5) is 17.1. The summed E-state index contributed by atoms with van der Waals surface area (Å²) >= 11 is 6.07. The monoisotopic (exact) mass is 401 g/mol. The van der Waals surface area contributed by atoms with E-state index in [0.717, 1.165) is 44.3 Å². The van der Waals surface area contributed by atoms with Crippen LogP contribution in [0.15, 0.2) is 42.5 Å². The van der Waals surface area contributed by atoms with Crippen LogP contribution in [-0.2, 0) is 6.54 Å². The molecule has 0 bridgehead atoms. The summed E-state index contributed by atoms with van der Waals surface area (Å²) in [7, 11) is 0. The van der Waals surface area contributed by atoms with Crippen LogP contribution in [0.25, 0.3) is 0 Å². The van der Waals surface area contributed by atoms with E-state index < -0.39 is 0 Å². The third-order valence-electron chi connectivity index (χ3n) is 5.11. The molecule has 2 aliphatic heterocycles. The SMILES string of the molecule is O=C(NCCN1CCN(Cc2cccc(Cl)c2)CC1)c1ccc2c(c1)OCO2. The lowest BCUT2D eigenvalue weighted by Gasteiger charge is -2.34. The molecule has 0 atom stereocenters. The second-order valence-corrected chi connectivity index (χ2v) is 7.51. The van der Waals surface area contributed by atoms with E-state index in [1.807, 2.05) is 18.2 Å². The summed E-state index contributed by atoms with van der Waals surface area (Å²) in [5, 5.41) is 3.78. The molecule has 2 aromatic carbocycles. The number of piperazine rings is 1. The number of hydrogen-bond acceptors (Lipinski definition) is 5. The lowest BCUT2D eigenvalue weighted by molar-refractivity contribution is 0.0933. The molecule has 148 valence electrons. The minimum atomic E-state index is -0.0853. The highest BCUT2D eigenvalue weighted by Crippen LogP contribution is 2.32. The number of fused-ring (bicyclic) bond motifs is 1. The summed E-state index contributed by atoms with van der Waals surface area (Å²) in [5.74, 6) is 1.23. The van der Waals surface area contributed by atoms with E-state index in [4.69, 9.17) is 21.1 Å². The van der Waals surface area contributed by atoms with Crippen molar-refractivity contribution in [1.82, 2.24) is 15.1 Å². The first-order valence-electron chi connectivity index (χ1n) is 9.54. The number of ether oxygens (including phenoxy) is 2. The largest absolute Gasteiger partial charge is 0.454 e. The second kappa shape index (κ2) is 8.82. The molecule has 1 fully saturated rings. The summed E-state index contributed by atoms with van der Waals surface area (Å²) in [6.07, 6.45) is 0. The van der Waals surface area contributed by atoms with Gasteiger partial charge in [-0.15, -0.1) is 0 Å². The third kappa shape index (κ3) is 4.76. The number of carbonyl (C=O) groups is 1. The average Bonchev–Trinajstić information content (AvgIpc) is 3.17. The Labute approximate surface area is 170 Å². The predicted molar refractivity (Wildman–Crippen MR) is 108 cm³/mol. The number of halogens is 1. The van der Waals surface area contributed by atoms with Gasteiger partial charge in [-0.25, -0.2) is 0 Å². The molecule has 0 radical (unpaired) electrons. The lowest BCUT2D eigenvalue weighted by atomic mass is 10.2. The second-order valence-electron chi connectivity index (χ2n) is 7.07. The maximum atomic E-state index is 12.3. The van der Waals surface area contributed by atoms with Gasteiger partial charge in [-0.2, -0.15) is 0 Å². The Bertz CT molecular complexity index is 837. The zero-order chi connectivity index (χ0) is 19.3. The Morgan fingerprint density at radius 2 is 1.79 bits per heavy atom. The van der Waals surface area contributed by atoms with Crippen LogP contribution in [0.4, 0.5) is 0 Å². The number of carbonyl (C=O) groups excluding carboxylic acids is 1. The van der Waals surface area contributed by atoms with Gasteiger partial charge in [0.2, 0.25) is 6.79 Å². The standard InChI is InChI=1S/C21H24ClN3O3/c22-18-3-1-2-16(12-18)14-25-10-8-24(9-11-25)7-6-23-21(26)17-4-5-19-20(13-17)28-15-27-19/h1-5,12-13H,6-11,14-15H2,(H,23,26). The van der Waals surface area contributed by atoms with Crippen LogP contribution in [0.5, 0.6) is 11.5 Å². The molecule has 1 saturated heterocycles. The molecule has 1 N–H and O–H groups in total. The number of nitrogens with zero attached hydrogens (tertiary/aromatic N) is 2. The number of amides is 1. The van der Waals surface area contributed by atoms with E-state index >= 15 is 0 Å². The van der Waals surface area contributed by atoms with Crippen molar-refractivity contribution in [3.05, 3.63) is 58.6 Å². The van der Waals surface area contributed by atoms with Gasteiger partial charge in [-0.05, 0) is 35.9 Å².